The van der Waals surface area contributed by atoms with Gasteiger partial charge in [0.05, 0.1) is 5.69 Å². The third kappa shape index (κ3) is 6.36. The van der Waals surface area contributed by atoms with Crippen LogP contribution in [0.1, 0.15) is 45.2 Å². The highest BCUT2D eigenvalue weighted by Gasteiger charge is 2.26. The molecule has 0 atom stereocenters. The Bertz CT molecular complexity index is 977. The van der Waals surface area contributed by atoms with Gasteiger partial charge >= 0.3 is 6.09 Å². The molecule has 1 N–H and O–H groups in total. The fraction of sp³-hybridized carbons (Fsp3) is 0.385. The van der Waals surface area contributed by atoms with Gasteiger partial charge < -0.3 is 14.8 Å². The second kappa shape index (κ2) is 10.4. The second-order valence-corrected chi connectivity index (χ2v) is 8.74. The molecule has 6 nitrogen and oxygen atoms in total. The maximum absolute atomic E-state index is 13.1. The van der Waals surface area contributed by atoms with Crippen molar-refractivity contribution in [3.63, 3.8) is 0 Å². The molecule has 3 rings (SSSR count). The molecule has 170 valence electrons. The Balaban J connectivity index is 1.81. The van der Waals surface area contributed by atoms with Gasteiger partial charge in [0.25, 0.3) is 0 Å². The summed E-state index contributed by atoms with van der Waals surface area (Å²) in [5, 5.41) is 2.78. The molecule has 0 aromatic heterocycles. The zero-order chi connectivity index (χ0) is 23.1. The first kappa shape index (κ1) is 23.4. The fourth-order valence-corrected chi connectivity index (χ4v) is 3.49. The molecule has 6 heteroatoms. The number of carbonyl (C=O) groups excluding carboxylic acids is 2. The molecule has 0 spiro atoms. The molecule has 0 saturated heterocycles. The van der Waals surface area contributed by atoms with E-state index >= 15 is 0 Å². The quantitative estimate of drug-likeness (QED) is 0.631. The van der Waals surface area contributed by atoms with E-state index in [4.69, 9.17) is 9.47 Å². The van der Waals surface area contributed by atoms with Gasteiger partial charge in [-0.2, -0.15) is 0 Å². The average molecular weight is 437 g/mol. The summed E-state index contributed by atoms with van der Waals surface area (Å²) in [4.78, 5) is 26.6. The Morgan fingerprint density at radius 3 is 2.50 bits per heavy atom. The van der Waals surface area contributed by atoms with Crippen molar-refractivity contribution >= 4 is 17.7 Å². The van der Waals surface area contributed by atoms with Gasteiger partial charge in [-0.25, -0.2) is 4.79 Å². The zero-order valence-corrected chi connectivity index (χ0v) is 19.3. The number of hydrogen-bond donors (Lipinski definition) is 1. The Labute approximate surface area is 190 Å². The Hall–Kier alpha value is -3.28. The van der Waals surface area contributed by atoms with Crippen LogP contribution in [0.25, 0.3) is 0 Å². The van der Waals surface area contributed by atoms with E-state index in [0.717, 1.165) is 29.0 Å². The van der Waals surface area contributed by atoms with E-state index in [1.807, 2.05) is 82.3 Å². The first-order chi connectivity index (χ1) is 15.3. The standard InChI is InChI=1S/C26H32N2O4/c1-5-20-17-22(31-18-19-9-7-6-8-10-19)11-12-23(20)28(25(30)32-26(2,3)4)16-14-21-13-15-27-24(21)29/h6-13,17H,5,14-16,18H2,1-4H3,(H,27,29). The van der Waals surface area contributed by atoms with Crippen molar-refractivity contribution in [1.29, 1.82) is 0 Å². The van der Waals surface area contributed by atoms with Crippen molar-refractivity contribution in [1.82, 2.24) is 5.32 Å². The van der Waals surface area contributed by atoms with Gasteiger partial charge in [-0.15, -0.1) is 0 Å². The van der Waals surface area contributed by atoms with Gasteiger partial charge in [0.2, 0.25) is 5.91 Å². The molecular weight excluding hydrogens is 404 g/mol. The summed E-state index contributed by atoms with van der Waals surface area (Å²) in [6.45, 7) is 8.94. The Morgan fingerprint density at radius 2 is 1.88 bits per heavy atom. The molecule has 1 heterocycles. The van der Waals surface area contributed by atoms with Crippen LogP contribution in [0.5, 0.6) is 5.75 Å². The molecule has 0 aliphatic carbocycles. The lowest BCUT2D eigenvalue weighted by atomic mass is 10.1. The minimum atomic E-state index is -0.621. The molecular formula is C26H32N2O4. The van der Waals surface area contributed by atoms with E-state index in [9.17, 15) is 9.59 Å². The van der Waals surface area contributed by atoms with Crippen molar-refractivity contribution in [3.8, 4) is 5.75 Å². The largest absolute Gasteiger partial charge is 0.489 e. The van der Waals surface area contributed by atoms with E-state index in [1.54, 1.807) is 4.90 Å². The van der Waals surface area contributed by atoms with Gasteiger partial charge in [0, 0.05) is 18.7 Å². The highest BCUT2D eigenvalue weighted by Crippen LogP contribution is 2.29. The lowest BCUT2D eigenvalue weighted by Crippen LogP contribution is -2.38. The van der Waals surface area contributed by atoms with E-state index in [2.05, 4.69) is 5.32 Å². The van der Waals surface area contributed by atoms with Crippen molar-refractivity contribution in [2.24, 2.45) is 0 Å². The molecule has 0 bridgehead atoms. The number of nitrogens with one attached hydrogen (secondary N) is 1. The maximum Gasteiger partial charge on any atom is 0.414 e. The summed E-state index contributed by atoms with van der Waals surface area (Å²) in [5.41, 5.74) is 2.91. The molecule has 32 heavy (non-hydrogen) atoms. The third-order valence-electron chi connectivity index (χ3n) is 5.09. The van der Waals surface area contributed by atoms with Gasteiger partial charge in [0.15, 0.2) is 0 Å². The summed E-state index contributed by atoms with van der Waals surface area (Å²) in [5.74, 6) is 0.672. The lowest BCUT2D eigenvalue weighted by Gasteiger charge is -2.29. The van der Waals surface area contributed by atoms with E-state index < -0.39 is 11.7 Å². The Kier molecular flexibility index (Phi) is 7.57. The second-order valence-electron chi connectivity index (χ2n) is 8.74. The van der Waals surface area contributed by atoms with Crippen LogP contribution >= 0.6 is 0 Å². The number of nitrogens with zero attached hydrogens (tertiary/aromatic N) is 1. The molecule has 2 amide bonds. The molecule has 2 aromatic rings. The van der Waals surface area contributed by atoms with Crippen LogP contribution in [0, 0.1) is 0 Å². The SMILES string of the molecule is CCc1cc(OCc2ccccc2)ccc1N(CCC1=CCNC1=O)C(=O)OC(C)(C)C. The number of hydrogen-bond acceptors (Lipinski definition) is 4. The van der Waals surface area contributed by atoms with Crippen molar-refractivity contribution in [2.75, 3.05) is 18.0 Å². The van der Waals surface area contributed by atoms with Gasteiger partial charge in [-0.3, -0.25) is 9.69 Å². The zero-order valence-electron chi connectivity index (χ0n) is 19.3. The normalized spacial score (nSPS) is 13.4. The summed E-state index contributed by atoms with van der Waals surface area (Å²) in [6, 6.07) is 15.7. The third-order valence-corrected chi connectivity index (χ3v) is 5.09. The predicted molar refractivity (Wildman–Crippen MR) is 126 cm³/mol. The number of carbonyl (C=O) groups is 2. The van der Waals surface area contributed by atoms with Crippen LogP contribution < -0.4 is 15.0 Å². The molecule has 2 aromatic carbocycles. The predicted octanol–water partition coefficient (Wildman–Crippen LogP) is 5.02. The summed E-state index contributed by atoms with van der Waals surface area (Å²) < 4.78 is 11.6. The molecule has 0 unspecified atom stereocenters. The molecule has 0 radical (unpaired) electrons. The van der Waals surface area contributed by atoms with E-state index in [-0.39, 0.29) is 5.91 Å². The van der Waals surface area contributed by atoms with Crippen LogP contribution in [-0.4, -0.2) is 30.7 Å². The van der Waals surface area contributed by atoms with E-state index in [0.29, 0.717) is 31.7 Å². The highest BCUT2D eigenvalue weighted by atomic mass is 16.6. The van der Waals surface area contributed by atoms with Gasteiger partial charge in [-0.1, -0.05) is 43.3 Å². The van der Waals surface area contributed by atoms with Crippen molar-refractivity contribution in [2.45, 2.75) is 52.7 Å². The minimum Gasteiger partial charge on any atom is -0.489 e. The van der Waals surface area contributed by atoms with Crippen molar-refractivity contribution in [3.05, 3.63) is 71.3 Å². The summed E-state index contributed by atoms with van der Waals surface area (Å²) in [6.07, 6.45) is 2.63. The number of benzene rings is 2. The Morgan fingerprint density at radius 1 is 1.12 bits per heavy atom. The summed E-state index contributed by atoms with van der Waals surface area (Å²) in [7, 11) is 0. The number of aryl methyl sites for hydroxylation is 1. The smallest absolute Gasteiger partial charge is 0.414 e. The topological polar surface area (TPSA) is 67.9 Å². The van der Waals surface area contributed by atoms with Crippen molar-refractivity contribution < 1.29 is 19.1 Å². The lowest BCUT2D eigenvalue weighted by molar-refractivity contribution is -0.116. The van der Waals surface area contributed by atoms with Gasteiger partial charge in [-0.05, 0) is 62.9 Å². The van der Waals surface area contributed by atoms with E-state index in [1.165, 1.54) is 0 Å². The van der Waals surface area contributed by atoms with Gasteiger partial charge in [0.1, 0.15) is 18.0 Å². The minimum absolute atomic E-state index is 0.0745. The number of rotatable bonds is 8. The fourth-order valence-electron chi connectivity index (χ4n) is 3.49. The maximum atomic E-state index is 13.1. The van der Waals surface area contributed by atoms with Crippen LogP contribution in [-0.2, 0) is 22.6 Å². The first-order valence-electron chi connectivity index (χ1n) is 11.0. The molecule has 1 aliphatic heterocycles. The number of anilines is 1. The number of amides is 2. The molecule has 0 fully saturated rings. The van der Waals surface area contributed by atoms with Crippen LogP contribution in [0.15, 0.2) is 60.2 Å². The molecule has 0 saturated carbocycles. The summed E-state index contributed by atoms with van der Waals surface area (Å²) >= 11 is 0. The van der Waals surface area contributed by atoms with Crippen LogP contribution in [0.3, 0.4) is 0 Å². The monoisotopic (exact) mass is 436 g/mol. The highest BCUT2D eigenvalue weighted by molar-refractivity contribution is 5.96. The van der Waals surface area contributed by atoms with Crippen LogP contribution in [0.2, 0.25) is 0 Å². The molecule has 1 aliphatic rings. The average Bonchev–Trinajstić information content (AvgIpc) is 3.17. The first-order valence-corrected chi connectivity index (χ1v) is 11.0. The van der Waals surface area contributed by atoms with Crippen LogP contribution in [0.4, 0.5) is 10.5 Å². The number of ether oxygens (including phenoxy) is 2.